The smallest absolute Gasteiger partial charge is 0.223 e. The minimum atomic E-state index is -0.243. The lowest BCUT2D eigenvalue weighted by Gasteiger charge is -2.17. The van der Waals surface area contributed by atoms with E-state index in [9.17, 15) is 9.18 Å². The Labute approximate surface area is 109 Å². The molecule has 0 unspecified atom stereocenters. The number of nitrogens with zero attached hydrogens (tertiary/aromatic N) is 1. The molecule has 0 spiro atoms. The summed E-state index contributed by atoms with van der Waals surface area (Å²) in [7, 11) is 1.70. The van der Waals surface area contributed by atoms with E-state index in [1.54, 1.807) is 24.1 Å². The van der Waals surface area contributed by atoms with E-state index in [-0.39, 0.29) is 11.7 Å². The van der Waals surface area contributed by atoms with Crippen molar-refractivity contribution in [1.82, 2.24) is 4.90 Å². The number of hydrogen-bond donors (Lipinski definition) is 1. The summed E-state index contributed by atoms with van der Waals surface area (Å²) in [5.41, 5.74) is 5.91. The lowest BCUT2D eigenvalue weighted by Crippen LogP contribution is -2.30. The summed E-state index contributed by atoms with van der Waals surface area (Å²) in [5, 5.41) is 0. The summed E-state index contributed by atoms with van der Waals surface area (Å²) in [6.07, 6.45) is 0.829. The first-order valence-electron chi connectivity index (χ1n) is 5.42. The molecule has 0 saturated carbocycles. The highest BCUT2D eigenvalue weighted by Crippen LogP contribution is 2.16. The van der Waals surface area contributed by atoms with E-state index < -0.39 is 0 Å². The molecule has 0 aliphatic carbocycles. The van der Waals surface area contributed by atoms with Crippen LogP contribution in [0.3, 0.4) is 0 Å². The van der Waals surface area contributed by atoms with E-state index in [2.05, 4.69) is 15.9 Å². The first-order valence-corrected chi connectivity index (χ1v) is 6.22. The summed E-state index contributed by atoms with van der Waals surface area (Å²) >= 11 is 3.29. The largest absolute Gasteiger partial charge is 0.345 e. The van der Waals surface area contributed by atoms with Crippen LogP contribution >= 0.6 is 15.9 Å². The van der Waals surface area contributed by atoms with Crippen molar-refractivity contribution < 1.29 is 9.18 Å². The highest BCUT2D eigenvalue weighted by Gasteiger charge is 2.09. The van der Waals surface area contributed by atoms with Crippen LogP contribution in [0.2, 0.25) is 0 Å². The van der Waals surface area contributed by atoms with Gasteiger partial charge in [-0.3, -0.25) is 4.79 Å². The van der Waals surface area contributed by atoms with Gasteiger partial charge < -0.3 is 10.6 Å². The van der Waals surface area contributed by atoms with Gasteiger partial charge in [0.2, 0.25) is 5.91 Å². The van der Waals surface area contributed by atoms with Crippen molar-refractivity contribution in [2.75, 3.05) is 20.1 Å². The Hall–Kier alpha value is -0.940. The number of halogens is 2. The second-order valence-electron chi connectivity index (χ2n) is 3.84. The normalized spacial score (nSPS) is 10.4. The Balaban J connectivity index is 2.55. The van der Waals surface area contributed by atoms with E-state index in [4.69, 9.17) is 5.73 Å². The fourth-order valence-electron chi connectivity index (χ4n) is 1.46. The Morgan fingerprint density at radius 1 is 1.53 bits per heavy atom. The molecule has 0 aromatic heterocycles. The number of carbonyl (C=O) groups is 1. The summed E-state index contributed by atoms with van der Waals surface area (Å²) in [6.45, 7) is 0.834. The third-order valence-corrected chi connectivity index (χ3v) is 3.00. The maximum Gasteiger partial charge on any atom is 0.223 e. The molecule has 2 N–H and O–H groups in total. The Bertz CT molecular complexity index is 398. The van der Waals surface area contributed by atoms with Crippen LogP contribution in [0, 0.1) is 5.82 Å². The molecule has 94 valence electrons. The van der Waals surface area contributed by atoms with Gasteiger partial charge in [-0.25, -0.2) is 4.39 Å². The lowest BCUT2D eigenvalue weighted by atomic mass is 10.1. The monoisotopic (exact) mass is 302 g/mol. The van der Waals surface area contributed by atoms with Crippen LogP contribution in [0.1, 0.15) is 12.0 Å². The second kappa shape index (κ2) is 6.71. The van der Waals surface area contributed by atoms with Crippen LogP contribution in [0.25, 0.3) is 0 Å². The van der Waals surface area contributed by atoms with Crippen molar-refractivity contribution in [2.24, 2.45) is 5.73 Å². The van der Waals surface area contributed by atoms with Gasteiger partial charge in [-0.1, -0.05) is 15.9 Å². The molecule has 1 amide bonds. The van der Waals surface area contributed by atoms with Crippen molar-refractivity contribution in [1.29, 1.82) is 0 Å². The third kappa shape index (κ3) is 4.44. The zero-order valence-electron chi connectivity index (χ0n) is 9.75. The second-order valence-corrected chi connectivity index (χ2v) is 4.76. The van der Waals surface area contributed by atoms with Crippen LogP contribution in [0.4, 0.5) is 4.39 Å². The van der Waals surface area contributed by atoms with E-state index in [0.717, 1.165) is 4.47 Å². The Morgan fingerprint density at radius 3 is 2.88 bits per heavy atom. The van der Waals surface area contributed by atoms with Gasteiger partial charge in [0.15, 0.2) is 0 Å². The summed E-state index contributed by atoms with van der Waals surface area (Å²) < 4.78 is 14.3. The standard InChI is InChI=1S/C12H16BrFN2O/c1-16(12(17)4-6-15)7-5-9-8-10(13)2-3-11(9)14/h2-3,8H,4-7,15H2,1H3. The summed E-state index contributed by atoms with van der Waals surface area (Å²) in [5.74, 6) is -0.254. The van der Waals surface area contributed by atoms with Gasteiger partial charge in [0.1, 0.15) is 5.82 Å². The van der Waals surface area contributed by atoms with Gasteiger partial charge >= 0.3 is 0 Å². The number of hydrogen-bond acceptors (Lipinski definition) is 2. The average molecular weight is 303 g/mol. The molecule has 0 atom stereocenters. The van der Waals surface area contributed by atoms with Crippen LogP contribution in [-0.4, -0.2) is 30.9 Å². The zero-order valence-corrected chi connectivity index (χ0v) is 11.3. The molecule has 1 aromatic rings. The molecule has 1 aromatic carbocycles. The summed E-state index contributed by atoms with van der Waals surface area (Å²) in [4.78, 5) is 13.0. The van der Waals surface area contributed by atoms with Crippen molar-refractivity contribution in [3.8, 4) is 0 Å². The predicted octanol–water partition coefficient (Wildman–Crippen LogP) is 1.94. The van der Waals surface area contributed by atoms with E-state index in [1.165, 1.54) is 6.07 Å². The van der Waals surface area contributed by atoms with Gasteiger partial charge in [-0.05, 0) is 30.2 Å². The van der Waals surface area contributed by atoms with Crippen LogP contribution < -0.4 is 5.73 Å². The number of benzene rings is 1. The molecule has 1 rings (SSSR count). The van der Waals surface area contributed by atoms with Crippen molar-refractivity contribution in [3.05, 3.63) is 34.1 Å². The molecular weight excluding hydrogens is 287 g/mol. The zero-order chi connectivity index (χ0) is 12.8. The van der Waals surface area contributed by atoms with Crippen molar-refractivity contribution in [3.63, 3.8) is 0 Å². The highest BCUT2D eigenvalue weighted by atomic mass is 79.9. The molecule has 0 aliphatic rings. The first kappa shape index (κ1) is 14.1. The third-order valence-electron chi connectivity index (χ3n) is 2.51. The van der Waals surface area contributed by atoms with Gasteiger partial charge in [0, 0.05) is 31.0 Å². The molecule has 17 heavy (non-hydrogen) atoms. The maximum atomic E-state index is 13.4. The minimum Gasteiger partial charge on any atom is -0.345 e. The molecule has 0 aliphatic heterocycles. The quantitative estimate of drug-likeness (QED) is 0.903. The molecule has 0 heterocycles. The van der Waals surface area contributed by atoms with Gasteiger partial charge in [-0.2, -0.15) is 0 Å². The SMILES string of the molecule is CN(CCc1cc(Br)ccc1F)C(=O)CCN. The number of carbonyl (C=O) groups excluding carboxylic acids is 1. The minimum absolute atomic E-state index is 0.0112. The molecule has 3 nitrogen and oxygen atoms in total. The lowest BCUT2D eigenvalue weighted by molar-refractivity contribution is -0.129. The van der Waals surface area contributed by atoms with Gasteiger partial charge in [0.25, 0.3) is 0 Å². The Morgan fingerprint density at radius 2 is 2.24 bits per heavy atom. The van der Waals surface area contributed by atoms with Gasteiger partial charge in [0.05, 0.1) is 0 Å². The number of likely N-dealkylation sites (N-methyl/N-ethyl adjacent to an activating group) is 1. The molecule has 0 radical (unpaired) electrons. The average Bonchev–Trinajstić information content (AvgIpc) is 2.30. The maximum absolute atomic E-state index is 13.4. The predicted molar refractivity (Wildman–Crippen MR) is 69.1 cm³/mol. The Kier molecular flexibility index (Phi) is 5.58. The molecule has 5 heteroatoms. The number of amides is 1. The van der Waals surface area contributed by atoms with E-state index >= 15 is 0 Å². The van der Waals surface area contributed by atoms with Crippen molar-refractivity contribution in [2.45, 2.75) is 12.8 Å². The van der Waals surface area contributed by atoms with Gasteiger partial charge in [-0.15, -0.1) is 0 Å². The molecule has 0 saturated heterocycles. The van der Waals surface area contributed by atoms with Crippen LogP contribution in [-0.2, 0) is 11.2 Å². The first-order chi connectivity index (χ1) is 8.04. The van der Waals surface area contributed by atoms with Crippen LogP contribution in [0.5, 0.6) is 0 Å². The fraction of sp³-hybridized carbons (Fsp3) is 0.417. The topological polar surface area (TPSA) is 46.3 Å². The molecular formula is C12H16BrFN2O. The fourth-order valence-corrected chi connectivity index (χ4v) is 1.87. The molecule has 0 bridgehead atoms. The van der Waals surface area contributed by atoms with E-state index in [1.807, 2.05) is 0 Å². The number of rotatable bonds is 5. The highest BCUT2D eigenvalue weighted by molar-refractivity contribution is 9.10. The molecule has 0 fully saturated rings. The number of nitrogens with two attached hydrogens (primary N) is 1. The van der Waals surface area contributed by atoms with Crippen molar-refractivity contribution >= 4 is 21.8 Å². The van der Waals surface area contributed by atoms with Crippen LogP contribution in [0.15, 0.2) is 22.7 Å². The summed E-state index contributed by atoms with van der Waals surface area (Å²) in [6, 6.07) is 4.81. The van der Waals surface area contributed by atoms with E-state index in [0.29, 0.717) is 31.5 Å².